The molecule has 0 saturated heterocycles. The molecule has 146 valence electrons. The van der Waals surface area contributed by atoms with Crippen LogP contribution in [0.3, 0.4) is 0 Å². The highest BCUT2D eigenvalue weighted by Crippen LogP contribution is 2.19. The zero-order chi connectivity index (χ0) is 20.1. The van der Waals surface area contributed by atoms with Gasteiger partial charge in [-0.2, -0.15) is 0 Å². The van der Waals surface area contributed by atoms with Crippen LogP contribution in [0.5, 0.6) is 5.75 Å². The fraction of sp³-hybridized carbons (Fsp3) is 0.350. The summed E-state index contributed by atoms with van der Waals surface area (Å²) in [6, 6.07) is 13.0. The van der Waals surface area contributed by atoms with Gasteiger partial charge in [0.15, 0.2) is 6.61 Å². The summed E-state index contributed by atoms with van der Waals surface area (Å²) in [7, 11) is -3.68. The Labute approximate surface area is 161 Å². The second-order valence-corrected chi connectivity index (χ2v) is 9.25. The number of sulfonamides is 1. The lowest BCUT2D eigenvalue weighted by molar-refractivity contribution is -0.123. The van der Waals surface area contributed by atoms with Crippen LogP contribution in [0.4, 0.5) is 5.69 Å². The molecule has 2 aromatic rings. The Bertz CT molecular complexity index is 868. The molecule has 0 atom stereocenters. The van der Waals surface area contributed by atoms with Crippen molar-refractivity contribution < 1.29 is 17.9 Å². The zero-order valence-electron chi connectivity index (χ0n) is 16.1. The summed E-state index contributed by atoms with van der Waals surface area (Å²) in [5.74, 6) is 0.206. The summed E-state index contributed by atoms with van der Waals surface area (Å²) < 4.78 is 32.8. The second-order valence-electron chi connectivity index (χ2n) is 7.57. The number of rotatable bonds is 7. The van der Waals surface area contributed by atoms with Gasteiger partial charge in [-0.1, -0.05) is 38.5 Å². The minimum Gasteiger partial charge on any atom is -0.484 e. The number of benzene rings is 2. The van der Waals surface area contributed by atoms with E-state index in [1.165, 1.54) is 24.3 Å². The first kappa shape index (κ1) is 20.8. The Hall–Kier alpha value is -2.54. The van der Waals surface area contributed by atoms with Crippen molar-refractivity contribution in [1.29, 1.82) is 0 Å². The predicted octanol–water partition coefficient (Wildman–Crippen LogP) is 3.34. The molecule has 0 unspecified atom stereocenters. The van der Waals surface area contributed by atoms with E-state index < -0.39 is 10.0 Å². The fourth-order valence-corrected chi connectivity index (χ4v) is 3.17. The summed E-state index contributed by atoms with van der Waals surface area (Å²) in [6.45, 7) is 8.44. The lowest BCUT2D eigenvalue weighted by Crippen LogP contribution is -2.35. The largest absolute Gasteiger partial charge is 0.484 e. The van der Waals surface area contributed by atoms with Gasteiger partial charge >= 0.3 is 0 Å². The second kappa shape index (κ2) is 8.43. The smallest absolute Gasteiger partial charge is 0.261 e. The van der Waals surface area contributed by atoms with Gasteiger partial charge < -0.3 is 10.1 Å². The Morgan fingerprint density at radius 1 is 1.00 bits per heavy atom. The number of hydrogen-bond donors (Lipinski definition) is 2. The quantitative estimate of drug-likeness (QED) is 0.759. The lowest BCUT2D eigenvalue weighted by atomic mass is 9.97. The maximum Gasteiger partial charge on any atom is 0.261 e. The van der Waals surface area contributed by atoms with E-state index >= 15 is 0 Å². The van der Waals surface area contributed by atoms with Crippen molar-refractivity contribution in [2.24, 2.45) is 5.41 Å². The van der Waals surface area contributed by atoms with Crippen LogP contribution >= 0.6 is 0 Å². The third-order valence-electron chi connectivity index (χ3n) is 3.62. The number of aryl methyl sites for hydroxylation is 1. The van der Waals surface area contributed by atoms with E-state index in [1.807, 2.05) is 39.8 Å². The van der Waals surface area contributed by atoms with Crippen LogP contribution in [0.25, 0.3) is 0 Å². The Kier molecular flexibility index (Phi) is 6.49. The van der Waals surface area contributed by atoms with Gasteiger partial charge in [0.05, 0.1) is 4.90 Å². The minimum atomic E-state index is -3.68. The molecule has 0 bridgehead atoms. The molecular weight excluding hydrogens is 364 g/mol. The first-order valence-electron chi connectivity index (χ1n) is 8.64. The predicted molar refractivity (Wildman–Crippen MR) is 106 cm³/mol. The van der Waals surface area contributed by atoms with E-state index in [-0.39, 0.29) is 22.8 Å². The normalized spacial score (nSPS) is 11.7. The van der Waals surface area contributed by atoms with Gasteiger partial charge in [0.2, 0.25) is 0 Å². The third kappa shape index (κ3) is 6.94. The van der Waals surface area contributed by atoms with Gasteiger partial charge in [-0.05, 0) is 48.7 Å². The summed E-state index contributed by atoms with van der Waals surface area (Å²) in [4.78, 5) is 11.9. The Morgan fingerprint density at radius 3 is 2.15 bits per heavy atom. The van der Waals surface area contributed by atoms with E-state index in [9.17, 15) is 13.2 Å². The van der Waals surface area contributed by atoms with Gasteiger partial charge in [0, 0.05) is 12.2 Å². The summed E-state index contributed by atoms with van der Waals surface area (Å²) in [6.07, 6.45) is 0. The molecule has 2 aromatic carbocycles. The third-order valence-corrected chi connectivity index (χ3v) is 5.02. The average molecular weight is 391 g/mol. The molecule has 0 radical (unpaired) electrons. The molecule has 0 saturated carbocycles. The minimum absolute atomic E-state index is 0.00385. The van der Waals surface area contributed by atoms with E-state index in [2.05, 4.69) is 10.0 Å². The van der Waals surface area contributed by atoms with E-state index in [4.69, 9.17) is 4.74 Å². The number of carbonyl (C=O) groups excluding carboxylic acids is 1. The summed E-state index contributed by atoms with van der Waals surface area (Å²) >= 11 is 0. The molecule has 0 aromatic heterocycles. The van der Waals surface area contributed by atoms with Gasteiger partial charge in [0.1, 0.15) is 5.75 Å². The molecule has 0 spiro atoms. The Balaban J connectivity index is 1.93. The maximum atomic E-state index is 12.4. The molecule has 0 aliphatic heterocycles. The molecule has 27 heavy (non-hydrogen) atoms. The van der Waals surface area contributed by atoms with Crippen LogP contribution in [0.1, 0.15) is 26.3 Å². The van der Waals surface area contributed by atoms with Crippen LogP contribution in [0.2, 0.25) is 0 Å². The van der Waals surface area contributed by atoms with Crippen molar-refractivity contribution in [3.8, 4) is 5.75 Å². The van der Waals surface area contributed by atoms with Crippen molar-refractivity contribution in [1.82, 2.24) is 5.32 Å². The number of hydrogen-bond acceptors (Lipinski definition) is 4. The summed E-state index contributed by atoms with van der Waals surface area (Å²) in [5.41, 5.74) is 1.54. The van der Waals surface area contributed by atoms with Crippen LogP contribution in [0, 0.1) is 12.3 Å². The van der Waals surface area contributed by atoms with Crippen LogP contribution in [0.15, 0.2) is 53.4 Å². The highest BCUT2D eigenvalue weighted by molar-refractivity contribution is 7.92. The molecule has 7 heteroatoms. The number of carbonyl (C=O) groups is 1. The first-order valence-corrected chi connectivity index (χ1v) is 10.1. The standard InChI is InChI=1S/C20H26N2O4S/c1-15-5-7-16(8-6-15)22-27(24,25)18-11-9-17(10-12-18)26-13-19(23)21-14-20(2,3)4/h5-12,22H,13-14H2,1-4H3,(H,21,23). The highest BCUT2D eigenvalue weighted by atomic mass is 32.2. The highest BCUT2D eigenvalue weighted by Gasteiger charge is 2.15. The van der Waals surface area contributed by atoms with Crippen LogP contribution < -0.4 is 14.8 Å². The SMILES string of the molecule is Cc1ccc(NS(=O)(=O)c2ccc(OCC(=O)NCC(C)(C)C)cc2)cc1. The first-order chi connectivity index (χ1) is 12.5. The molecule has 2 rings (SSSR count). The van der Waals surface area contributed by atoms with Crippen molar-refractivity contribution in [3.05, 3.63) is 54.1 Å². The van der Waals surface area contributed by atoms with Crippen LogP contribution in [-0.2, 0) is 14.8 Å². The number of anilines is 1. The maximum absolute atomic E-state index is 12.4. The molecule has 0 aliphatic rings. The molecular formula is C20H26N2O4S. The number of amides is 1. The number of nitrogens with one attached hydrogen (secondary N) is 2. The van der Waals surface area contributed by atoms with Gasteiger partial charge in [-0.3, -0.25) is 9.52 Å². The molecule has 0 fully saturated rings. The Morgan fingerprint density at radius 2 is 1.59 bits per heavy atom. The van der Waals surface area contributed by atoms with Gasteiger partial charge in [-0.25, -0.2) is 8.42 Å². The van der Waals surface area contributed by atoms with Crippen molar-refractivity contribution in [2.75, 3.05) is 17.9 Å². The van der Waals surface area contributed by atoms with Crippen molar-refractivity contribution in [2.45, 2.75) is 32.6 Å². The average Bonchev–Trinajstić information content (AvgIpc) is 2.60. The summed E-state index contributed by atoms with van der Waals surface area (Å²) in [5, 5.41) is 2.79. The molecule has 1 amide bonds. The molecule has 2 N–H and O–H groups in total. The topological polar surface area (TPSA) is 84.5 Å². The van der Waals surface area contributed by atoms with Crippen LogP contribution in [-0.4, -0.2) is 27.5 Å². The lowest BCUT2D eigenvalue weighted by Gasteiger charge is -2.18. The monoisotopic (exact) mass is 390 g/mol. The molecule has 0 aliphatic carbocycles. The molecule has 0 heterocycles. The van der Waals surface area contributed by atoms with Gasteiger partial charge in [-0.15, -0.1) is 0 Å². The number of ether oxygens (including phenoxy) is 1. The van der Waals surface area contributed by atoms with Crippen molar-refractivity contribution in [3.63, 3.8) is 0 Å². The fourth-order valence-electron chi connectivity index (χ4n) is 2.11. The van der Waals surface area contributed by atoms with E-state index in [1.54, 1.807) is 12.1 Å². The molecule has 6 nitrogen and oxygen atoms in total. The van der Waals surface area contributed by atoms with Gasteiger partial charge in [0.25, 0.3) is 15.9 Å². The van der Waals surface area contributed by atoms with E-state index in [0.29, 0.717) is 18.0 Å². The van der Waals surface area contributed by atoms with Crippen molar-refractivity contribution >= 4 is 21.6 Å². The van der Waals surface area contributed by atoms with E-state index in [0.717, 1.165) is 5.56 Å². The zero-order valence-corrected chi connectivity index (χ0v) is 16.9.